The number of hydrogen-bond acceptors (Lipinski definition) is 8. The van der Waals surface area contributed by atoms with Crippen molar-refractivity contribution in [1.29, 1.82) is 5.26 Å². The zero-order valence-electron chi connectivity index (χ0n) is 18.4. The highest BCUT2D eigenvalue weighted by Gasteiger charge is 2.26. The summed E-state index contributed by atoms with van der Waals surface area (Å²) in [5.41, 5.74) is 1.77. The molecule has 172 valence electrons. The van der Waals surface area contributed by atoms with Crippen molar-refractivity contribution in [2.45, 2.75) is 56.8 Å². The van der Waals surface area contributed by atoms with E-state index in [0.29, 0.717) is 28.2 Å². The molecule has 1 fully saturated rings. The molecule has 0 spiro atoms. The SMILES string of the molecule is C[C@H]1CCc2c(sc(NC(=O)CSc3nnc(-c4cccs4)n3C[C@@H]3CCCO3)c2C#N)C1. The first kappa shape index (κ1) is 22.6. The summed E-state index contributed by atoms with van der Waals surface area (Å²) in [5.74, 6) is 1.51. The van der Waals surface area contributed by atoms with Crippen molar-refractivity contribution in [3.05, 3.63) is 33.5 Å². The van der Waals surface area contributed by atoms with Crippen LogP contribution in [0.15, 0.2) is 22.7 Å². The molecule has 4 heterocycles. The van der Waals surface area contributed by atoms with E-state index in [1.165, 1.54) is 16.6 Å². The lowest BCUT2D eigenvalue weighted by molar-refractivity contribution is -0.113. The van der Waals surface area contributed by atoms with Crippen LogP contribution in [0.1, 0.15) is 42.2 Å². The second kappa shape index (κ2) is 9.97. The van der Waals surface area contributed by atoms with E-state index in [0.717, 1.165) is 55.0 Å². The van der Waals surface area contributed by atoms with Gasteiger partial charge in [0.25, 0.3) is 0 Å². The number of aromatic nitrogens is 3. The summed E-state index contributed by atoms with van der Waals surface area (Å²) in [6.45, 7) is 3.70. The molecular weight excluding hydrogens is 474 g/mol. The summed E-state index contributed by atoms with van der Waals surface area (Å²) < 4.78 is 7.92. The molecule has 0 unspecified atom stereocenters. The van der Waals surface area contributed by atoms with Gasteiger partial charge in [-0.2, -0.15) is 5.26 Å². The third-order valence-electron chi connectivity index (χ3n) is 6.08. The molecule has 1 aliphatic carbocycles. The summed E-state index contributed by atoms with van der Waals surface area (Å²) in [4.78, 5) is 15.1. The van der Waals surface area contributed by atoms with E-state index >= 15 is 0 Å². The van der Waals surface area contributed by atoms with Crippen LogP contribution in [0.25, 0.3) is 10.7 Å². The first-order chi connectivity index (χ1) is 16.1. The fourth-order valence-corrected chi connectivity index (χ4v) is 7.23. The second-order valence-corrected chi connectivity index (χ2v) is 11.5. The Balaban J connectivity index is 1.30. The number of fused-ring (bicyclic) bond motifs is 1. The standard InChI is InChI=1S/C23H25N5O2S3/c1-14-6-7-16-17(11-24)22(33-19(16)10-14)25-20(29)13-32-23-27-26-21(18-5-3-9-31-18)28(23)12-15-4-2-8-30-15/h3,5,9,14-15H,2,4,6-8,10,12-13H2,1H3,(H,25,29)/t14-,15-/m0/s1. The molecule has 5 rings (SSSR count). The monoisotopic (exact) mass is 499 g/mol. The van der Waals surface area contributed by atoms with Crippen molar-refractivity contribution < 1.29 is 9.53 Å². The average Bonchev–Trinajstić information content (AvgIpc) is 3.59. The number of carbonyl (C=O) groups excluding carboxylic acids is 1. The number of ether oxygens (including phenoxy) is 1. The van der Waals surface area contributed by atoms with Crippen LogP contribution < -0.4 is 5.32 Å². The van der Waals surface area contributed by atoms with Crippen LogP contribution in [-0.4, -0.2) is 39.1 Å². The van der Waals surface area contributed by atoms with Crippen molar-refractivity contribution in [2.24, 2.45) is 5.92 Å². The molecule has 1 aliphatic heterocycles. The van der Waals surface area contributed by atoms with Gasteiger partial charge in [0, 0.05) is 11.5 Å². The second-order valence-electron chi connectivity index (χ2n) is 8.53. The first-order valence-corrected chi connectivity index (χ1v) is 13.9. The predicted octanol–water partition coefficient (Wildman–Crippen LogP) is 4.97. The molecule has 3 aromatic rings. The largest absolute Gasteiger partial charge is 0.376 e. The van der Waals surface area contributed by atoms with Crippen molar-refractivity contribution >= 4 is 45.3 Å². The van der Waals surface area contributed by atoms with Crippen molar-refractivity contribution in [1.82, 2.24) is 14.8 Å². The van der Waals surface area contributed by atoms with E-state index in [2.05, 4.69) is 33.1 Å². The molecular formula is C23H25N5O2S3. The van der Waals surface area contributed by atoms with Gasteiger partial charge in [0.05, 0.1) is 28.8 Å². The first-order valence-electron chi connectivity index (χ1n) is 11.2. The number of nitrogens with zero attached hydrogens (tertiary/aromatic N) is 4. The van der Waals surface area contributed by atoms with Crippen LogP contribution in [0.3, 0.4) is 0 Å². The smallest absolute Gasteiger partial charge is 0.235 e. The molecule has 1 saturated heterocycles. The minimum absolute atomic E-state index is 0.132. The lowest BCUT2D eigenvalue weighted by atomic mass is 9.89. The zero-order valence-corrected chi connectivity index (χ0v) is 20.8. The van der Waals surface area contributed by atoms with Crippen molar-refractivity contribution in [3.8, 4) is 16.8 Å². The van der Waals surface area contributed by atoms with Gasteiger partial charge in [0.2, 0.25) is 5.91 Å². The average molecular weight is 500 g/mol. The fraction of sp³-hybridized carbons (Fsp3) is 0.478. The Kier molecular flexibility index (Phi) is 6.83. The van der Waals surface area contributed by atoms with Gasteiger partial charge < -0.3 is 10.1 Å². The van der Waals surface area contributed by atoms with Gasteiger partial charge >= 0.3 is 0 Å². The molecule has 7 nitrogen and oxygen atoms in total. The number of anilines is 1. The van der Waals surface area contributed by atoms with Gasteiger partial charge in [-0.1, -0.05) is 24.8 Å². The minimum Gasteiger partial charge on any atom is -0.376 e. The maximum Gasteiger partial charge on any atom is 0.235 e. The molecule has 0 bridgehead atoms. The zero-order chi connectivity index (χ0) is 22.8. The number of nitriles is 1. The summed E-state index contributed by atoms with van der Waals surface area (Å²) in [6, 6.07) is 6.35. The third kappa shape index (κ3) is 4.87. The lowest BCUT2D eigenvalue weighted by Gasteiger charge is -2.17. The normalized spacial score (nSPS) is 19.9. The highest BCUT2D eigenvalue weighted by Crippen LogP contribution is 2.39. The van der Waals surface area contributed by atoms with E-state index in [9.17, 15) is 10.1 Å². The predicted molar refractivity (Wildman–Crippen MR) is 132 cm³/mol. The Morgan fingerprint density at radius 1 is 1.42 bits per heavy atom. The molecule has 2 aliphatic rings. The Labute approximate surface area is 205 Å². The van der Waals surface area contributed by atoms with Gasteiger partial charge in [-0.15, -0.1) is 32.9 Å². The van der Waals surface area contributed by atoms with Crippen LogP contribution in [0.4, 0.5) is 5.00 Å². The van der Waals surface area contributed by atoms with Gasteiger partial charge in [0.15, 0.2) is 11.0 Å². The topological polar surface area (TPSA) is 92.8 Å². The molecule has 0 aromatic carbocycles. The molecule has 33 heavy (non-hydrogen) atoms. The minimum atomic E-state index is -0.132. The van der Waals surface area contributed by atoms with E-state index < -0.39 is 0 Å². The molecule has 3 aromatic heterocycles. The number of thiophene rings is 2. The number of carbonyl (C=O) groups is 1. The quantitative estimate of drug-likeness (QED) is 0.461. The van der Waals surface area contributed by atoms with Crippen molar-refractivity contribution in [2.75, 3.05) is 17.7 Å². The van der Waals surface area contributed by atoms with Crippen LogP contribution in [0.2, 0.25) is 0 Å². The van der Waals surface area contributed by atoms with Crippen LogP contribution >= 0.6 is 34.4 Å². The van der Waals surface area contributed by atoms with Gasteiger partial charge in [-0.05, 0) is 55.0 Å². The third-order valence-corrected chi connectivity index (χ3v) is 9.08. The fourth-order valence-electron chi connectivity index (χ4n) is 4.39. The van der Waals surface area contributed by atoms with Crippen LogP contribution in [0.5, 0.6) is 0 Å². The number of amides is 1. The molecule has 1 amide bonds. The maximum atomic E-state index is 12.8. The Hall–Kier alpha value is -2.19. The number of rotatable bonds is 7. The number of thioether (sulfide) groups is 1. The Morgan fingerprint density at radius 2 is 2.33 bits per heavy atom. The highest BCUT2D eigenvalue weighted by molar-refractivity contribution is 7.99. The molecule has 0 saturated carbocycles. The van der Waals surface area contributed by atoms with E-state index in [4.69, 9.17) is 4.74 Å². The Morgan fingerprint density at radius 3 is 3.09 bits per heavy atom. The summed E-state index contributed by atoms with van der Waals surface area (Å²) in [5, 5.41) is 24.9. The molecule has 0 radical (unpaired) electrons. The lowest BCUT2D eigenvalue weighted by Crippen LogP contribution is -2.18. The number of hydrogen-bond donors (Lipinski definition) is 1. The Bertz CT molecular complexity index is 1170. The van der Waals surface area contributed by atoms with Crippen LogP contribution in [-0.2, 0) is 28.9 Å². The van der Waals surface area contributed by atoms with E-state index in [1.54, 1.807) is 22.7 Å². The van der Waals surface area contributed by atoms with Gasteiger partial charge in [-0.25, -0.2) is 0 Å². The molecule has 1 N–H and O–H groups in total. The van der Waals surface area contributed by atoms with Crippen molar-refractivity contribution in [3.63, 3.8) is 0 Å². The van der Waals surface area contributed by atoms with Gasteiger partial charge in [-0.3, -0.25) is 9.36 Å². The molecule has 2 atom stereocenters. The maximum absolute atomic E-state index is 12.8. The summed E-state index contributed by atoms with van der Waals surface area (Å²) in [7, 11) is 0. The summed E-state index contributed by atoms with van der Waals surface area (Å²) in [6.07, 6.45) is 5.22. The molecule has 10 heteroatoms. The summed E-state index contributed by atoms with van der Waals surface area (Å²) >= 11 is 4.55. The van der Waals surface area contributed by atoms with Gasteiger partial charge in [0.1, 0.15) is 11.1 Å². The van der Waals surface area contributed by atoms with E-state index in [1.807, 2.05) is 17.5 Å². The number of nitrogens with one attached hydrogen (secondary N) is 1. The van der Waals surface area contributed by atoms with E-state index in [-0.39, 0.29) is 17.8 Å². The highest BCUT2D eigenvalue weighted by atomic mass is 32.2. The van der Waals surface area contributed by atoms with Crippen LogP contribution in [0, 0.1) is 17.2 Å².